The molecule has 0 bridgehead atoms. The van der Waals surface area contributed by atoms with Gasteiger partial charge in [-0.25, -0.2) is 4.79 Å². The second kappa shape index (κ2) is 9.78. The van der Waals surface area contributed by atoms with E-state index in [1.807, 2.05) is 18.2 Å². The van der Waals surface area contributed by atoms with Gasteiger partial charge in [0.15, 0.2) is 0 Å². The fourth-order valence-corrected chi connectivity index (χ4v) is 3.47. The van der Waals surface area contributed by atoms with Crippen molar-refractivity contribution in [1.29, 1.82) is 0 Å². The number of para-hydroxylation sites is 1. The van der Waals surface area contributed by atoms with Crippen LogP contribution in [0.5, 0.6) is 0 Å². The lowest BCUT2D eigenvalue weighted by Gasteiger charge is -2.21. The third kappa shape index (κ3) is 5.38. The lowest BCUT2D eigenvalue weighted by Crippen LogP contribution is -2.21. The van der Waals surface area contributed by atoms with Gasteiger partial charge in [-0.2, -0.15) is 0 Å². The summed E-state index contributed by atoms with van der Waals surface area (Å²) in [6.45, 7) is 6.39. The number of hydrogen-bond donors (Lipinski definition) is 2. The number of rotatable bonds is 9. The van der Waals surface area contributed by atoms with Gasteiger partial charge in [-0.3, -0.25) is 0 Å². The van der Waals surface area contributed by atoms with Crippen molar-refractivity contribution in [2.45, 2.75) is 26.7 Å². The van der Waals surface area contributed by atoms with Crippen LogP contribution in [-0.4, -0.2) is 24.2 Å². The molecule has 4 nitrogen and oxygen atoms in total. The predicted octanol–water partition coefficient (Wildman–Crippen LogP) is 5.76. The van der Waals surface area contributed by atoms with E-state index < -0.39 is 5.97 Å². The third-order valence-corrected chi connectivity index (χ3v) is 5.13. The van der Waals surface area contributed by atoms with E-state index in [1.54, 1.807) is 18.2 Å². The first-order valence-electron chi connectivity index (χ1n) is 10.1. The summed E-state index contributed by atoms with van der Waals surface area (Å²) < 4.78 is 0. The molecule has 2 N–H and O–H groups in total. The monoisotopic (exact) mass is 388 g/mol. The molecule has 0 saturated carbocycles. The maximum Gasteiger partial charge on any atom is 0.337 e. The highest BCUT2D eigenvalue weighted by atomic mass is 16.4. The van der Waals surface area contributed by atoms with Crippen LogP contribution in [0.2, 0.25) is 0 Å². The standard InChI is InChI=1S/C25H28N2O2/c1-3-27(4-2)22-9-7-8-20(18-22)13-12-19-14-16-21(17-15-19)26-24-11-6-5-10-23(24)25(28)29/h5-11,14-18,26H,3-4,12-13H2,1-2H3,(H,28,29). The van der Waals surface area contributed by atoms with E-state index in [1.165, 1.54) is 16.8 Å². The number of aromatic carboxylic acids is 1. The van der Waals surface area contributed by atoms with Crippen LogP contribution in [0.25, 0.3) is 0 Å². The molecule has 0 unspecified atom stereocenters. The Bertz CT molecular complexity index is 947. The first-order chi connectivity index (χ1) is 14.1. The van der Waals surface area contributed by atoms with E-state index in [0.717, 1.165) is 31.6 Å². The van der Waals surface area contributed by atoms with Crippen molar-refractivity contribution in [2.24, 2.45) is 0 Å². The van der Waals surface area contributed by atoms with E-state index in [-0.39, 0.29) is 5.56 Å². The Labute approximate surface area is 172 Å². The second-order valence-electron chi connectivity index (χ2n) is 7.01. The van der Waals surface area contributed by atoms with E-state index in [9.17, 15) is 9.90 Å². The van der Waals surface area contributed by atoms with Gasteiger partial charge in [0.25, 0.3) is 0 Å². The molecule has 150 valence electrons. The summed E-state index contributed by atoms with van der Waals surface area (Å²) in [4.78, 5) is 13.7. The van der Waals surface area contributed by atoms with Gasteiger partial charge in [0.1, 0.15) is 0 Å². The molecule has 0 saturated heterocycles. The third-order valence-electron chi connectivity index (χ3n) is 5.13. The molecular weight excluding hydrogens is 360 g/mol. The SMILES string of the molecule is CCN(CC)c1cccc(CCc2ccc(Nc3ccccc3C(=O)O)cc2)c1. The molecule has 0 aliphatic heterocycles. The highest BCUT2D eigenvalue weighted by Gasteiger charge is 2.09. The minimum atomic E-state index is -0.934. The second-order valence-corrected chi connectivity index (χ2v) is 7.01. The van der Waals surface area contributed by atoms with Crippen LogP contribution >= 0.6 is 0 Å². The molecule has 0 aliphatic carbocycles. The van der Waals surface area contributed by atoms with Gasteiger partial charge in [-0.05, 0) is 74.2 Å². The van der Waals surface area contributed by atoms with Crippen molar-refractivity contribution in [2.75, 3.05) is 23.3 Å². The number of carboxylic acids is 1. The van der Waals surface area contributed by atoms with Crippen molar-refractivity contribution in [3.8, 4) is 0 Å². The van der Waals surface area contributed by atoms with Crippen LogP contribution in [-0.2, 0) is 12.8 Å². The summed E-state index contributed by atoms with van der Waals surface area (Å²) in [6, 6.07) is 23.9. The molecule has 3 rings (SSSR count). The van der Waals surface area contributed by atoms with Crippen LogP contribution in [0.4, 0.5) is 17.1 Å². The molecule has 0 spiro atoms. The van der Waals surface area contributed by atoms with E-state index >= 15 is 0 Å². The normalized spacial score (nSPS) is 10.6. The molecule has 0 aliphatic rings. The maximum absolute atomic E-state index is 11.3. The van der Waals surface area contributed by atoms with Gasteiger partial charge < -0.3 is 15.3 Å². The Morgan fingerprint density at radius 2 is 1.55 bits per heavy atom. The number of carboxylic acid groups (broad SMARTS) is 1. The van der Waals surface area contributed by atoms with Crippen LogP contribution in [0.15, 0.2) is 72.8 Å². The van der Waals surface area contributed by atoms with Crippen LogP contribution < -0.4 is 10.2 Å². The van der Waals surface area contributed by atoms with Crippen LogP contribution in [0.3, 0.4) is 0 Å². The van der Waals surface area contributed by atoms with Gasteiger partial charge in [-0.1, -0.05) is 36.4 Å². The number of anilines is 3. The molecule has 0 aromatic heterocycles. The summed E-state index contributed by atoms with van der Waals surface area (Å²) >= 11 is 0. The zero-order chi connectivity index (χ0) is 20.6. The molecule has 0 heterocycles. The minimum absolute atomic E-state index is 0.268. The van der Waals surface area contributed by atoms with Crippen molar-refractivity contribution >= 4 is 23.0 Å². The summed E-state index contributed by atoms with van der Waals surface area (Å²) in [5.41, 5.74) is 5.63. The van der Waals surface area contributed by atoms with Gasteiger partial charge >= 0.3 is 5.97 Å². The largest absolute Gasteiger partial charge is 0.478 e. The smallest absolute Gasteiger partial charge is 0.337 e. The molecule has 29 heavy (non-hydrogen) atoms. The Morgan fingerprint density at radius 1 is 0.862 bits per heavy atom. The number of hydrogen-bond acceptors (Lipinski definition) is 3. The zero-order valence-electron chi connectivity index (χ0n) is 17.1. The molecule has 0 amide bonds. The quantitative estimate of drug-likeness (QED) is 0.489. The van der Waals surface area contributed by atoms with E-state index in [2.05, 4.69) is 60.5 Å². The Hall–Kier alpha value is -3.27. The molecule has 0 atom stereocenters. The summed E-state index contributed by atoms with van der Waals surface area (Å²) in [6.07, 6.45) is 1.96. The van der Waals surface area contributed by atoms with Gasteiger partial charge in [0.05, 0.1) is 11.3 Å². The number of nitrogens with one attached hydrogen (secondary N) is 1. The first kappa shape index (κ1) is 20.5. The fourth-order valence-electron chi connectivity index (χ4n) is 3.47. The summed E-state index contributed by atoms with van der Waals surface area (Å²) in [5.74, 6) is -0.934. The van der Waals surface area contributed by atoms with Crippen molar-refractivity contribution in [3.63, 3.8) is 0 Å². The lowest BCUT2D eigenvalue weighted by molar-refractivity contribution is 0.0698. The lowest BCUT2D eigenvalue weighted by atomic mass is 10.0. The number of nitrogens with zero attached hydrogens (tertiary/aromatic N) is 1. The van der Waals surface area contributed by atoms with Crippen molar-refractivity contribution < 1.29 is 9.90 Å². The highest BCUT2D eigenvalue weighted by Crippen LogP contribution is 2.22. The topological polar surface area (TPSA) is 52.6 Å². The Kier molecular flexibility index (Phi) is 6.90. The molecule has 0 fully saturated rings. The molecular formula is C25H28N2O2. The summed E-state index contributed by atoms with van der Waals surface area (Å²) in [7, 11) is 0. The fraction of sp³-hybridized carbons (Fsp3) is 0.240. The number of benzene rings is 3. The average molecular weight is 389 g/mol. The first-order valence-corrected chi connectivity index (χ1v) is 10.1. The van der Waals surface area contributed by atoms with Crippen LogP contribution in [0.1, 0.15) is 35.3 Å². The average Bonchev–Trinajstić information content (AvgIpc) is 2.75. The number of carbonyl (C=O) groups is 1. The summed E-state index contributed by atoms with van der Waals surface area (Å²) in [5, 5.41) is 12.5. The van der Waals surface area contributed by atoms with E-state index in [0.29, 0.717) is 5.69 Å². The van der Waals surface area contributed by atoms with Crippen molar-refractivity contribution in [1.82, 2.24) is 0 Å². The number of aryl methyl sites for hydroxylation is 2. The van der Waals surface area contributed by atoms with Crippen LogP contribution in [0, 0.1) is 0 Å². The molecule has 0 radical (unpaired) electrons. The van der Waals surface area contributed by atoms with Gasteiger partial charge in [0, 0.05) is 24.5 Å². The predicted molar refractivity (Wildman–Crippen MR) is 121 cm³/mol. The van der Waals surface area contributed by atoms with Crippen molar-refractivity contribution in [3.05, 3.63) is 89.5 Å². The molecule has 3 aromatic carbocycles. The van der Waals surface area contributed by atoms with Gasteiger partial charge in [-0.15, -0.1) is 0 Å². The highest BCUT2D eigenvalue weighted by molar-refractivity contribution is 5.95. The Morgan fingerprint density at radius 3 is 2.24 bits per heavy atom. The molecule has 3 aromatic rings. The van der Waals surface area contributed by atoms with Gasteiger partial charge in [0.2, 0.25) is 0 Å². The van der Waals surface area contributed by atoms with E-state index in [4.69, 9.17) is 0 Å². The minimum Gasteiger partial charge on any atom is -0.478 e. The maximum atomic E-state index is 11.3. The molecule has 4 heteroatoms. The zero-order valence-corrected chi connectivity index (χ0v) is 17.1. The Balaban J connectivity index is 1.63.